The number of aryl methyl sites for hydroxylation is 3. The summed E-state index contributed by atoms with van der Waals surface area (Å²) in [6.45, 7) is 5.78. The van der Waals surface area contributed by atoms with E-state index >= 15 is 0 Å². The molecule has 3 heterocycles. The van der Waals surface area contributed by atoms with Gasteiger partial charge >= 0.3 is 0 Å². The molecule has 1 atom stereocenters. The summed E-state index contributed by atoms with van der Waals surface area (Å²) in [5.41, 5.74) is 2.24. The molecule has 2 aromatic rings. The van der Waals surface area contributed by atoms with Gasteiger partial charge in [-0.25, -0.2) is 0 Å². The molecule has 0 spiro atoms. The Morgan fingerprint density at radius 1 is 1.45 bits per heavy atom. The SMILES string of the molecule is Cc1cc(C)n([C@H]2CCN(C(=O)CCCc3cccs3)C2)n1. The Balaban J connectivity index is 1.49. The molecule has 1 aliphatic heterocycles. The van der Waals surface area contributed by atoms with Crippen LogP contribution in [0.25, 0.3) is 0 Å². The van der Waals surface area contributed by atoms with Gasteiger partial charge in [-0.1, -0.05) is 6.07 Å². The van der Waals surface area contributed by atoms with Crippen molar-refractivity contribution in [2.24, 2.45) is 0 Å². The highest BCUT2D eigenvalue weighted by molar-refractivity contribution is 7.09. The van der Waals surface area contributed by atoms with Crippen molar-refractivity contribution in [3.05, 3.63) is 39.8 Å². The predicted octanol–water partition coefficient (Wildman–Crippen LogP) is 3.36. The molecule has 1 aliphatic rings. The Morgan fingerprint density at radius 2 is 2.32 bits per heavy atom. The monoisotopic (exact) mass is 317 g/mol. The van der Waals surface area contributed by atoms with Crippen LogP contribution < -0.4 is 0 Å². The second kappa shape index (κ2) is 6.65. The third kappa shape index (κ3) is 3.40. The topological polar surface area (TPSA) is 38.1 Å². The minimum atomic E-state index is 0.292. The van der Waals surface area contributed by atoms with Crippen molar-refractivity contribution < 1.29 is 4.79 Å². The van der Waals surface area contributed by atoms with Gasteiger partial charge in [0.15, 0.2) is 0 Å². The smallest absolute Gasteiger partial charge is 0.222 e. The first-order valence-electron chi connectivity index (χ1n) is 7.96. The van der Waals surface area contributed by atoms with Gasteiger partial charge in [0.1, 0.15) is 0 Å². The molecule has 1 amide bonds. The first kappa shape index (κ1) is 15.3. The number of rotatable bonds is 5. The molecule has 22 heavy (non-hydrogen) atoms. The van der Waals surface area contributed by atoms with E-state index in [0.29, 0.717) is 18.4 Å². The molecule has 0 aromatic carbocycles. The molecule has 1 saturated heterocycles. The molecule has 0 bridgehead atoms. The third-order valence-corrected chi connectivity index (χ3v) is 5.24. The highest BCUT2D eigenvalue weighted by atomic mass is 32.1. The fraction of sp³-hybridized carbons (Fsp3) is 0.529. The van der Waals surface area contributed by atoms with Crippen LogP contribution in [0.4, 0.5) is 0 Å². The van der Waals surface area contributed by atoms with Gasteiger partial charge in [0, 0.05) is 30.1 Å². The van der Waals surface area contributed by atoms with E-state index in [9.17, 15) is 4.79 Å². The Bertz CT molecular complexity index is 632. The number of thiophene rings is 1. The van der Waals surface area contributed by atoms with Crippen LogP contribution in [-0.2, 0) is 11.2 Å². The van der Waals surface area contributed by atoms with Gasteiger partial charge in [0.25, 0.3) is 0 Å². The number of aromatic nitrogens is 2. The van der Waals surface area contributed by atoms with E-state index in [0.717, 1.165) is 38.0 Å². The number of carbonyl (C=O) groups is 1. The summed E-state index contributed by atoms with van der Waals surface area (Å²) in [5, 5.41) is 6.66. The number of amides is 1. The molecule has 118 valence electrons. The average molecular weight is 317 g/mol. The lowest BCUT2D eigenvalue weighted by atomic mass is 10.2. The van der Waals surface area contributed by atoms with E-state index in [1.807, 2.05) is 11.8 Å². The first-order valence-corrected chi connectivity index (χ1v) is 8.84. The van der Waals surface area contributed by atoms with Gasteiger partial charge in [-0.15, -0.1) is 11.3 Å². The normalized spacial score (nSPS) is 18.1. The van der Waals surface area contributed by atoms with E-state index < -0.39 is 0 Å². The zero-order valence-corrected chi connectivity index (χ0v) is 14.1. The van der Waals surface area contributed by atoms with E-state index in [2.05, 4.69) is 40.3 Å². The maximum absolute atomic E-state index is 12.3. The highest BCUT2D eigenvalue weighted by Gasteiger charge is 2.28. The number of likely N-dealkylation sites (tertiary alicyclic amines) is 1. The van der Waals surface area contributed by atoms with E-state index in [4.69, 9.17) is 0 Å². The summed E-state index contributed by atoms with van der Waals surface area (Å²) in [6.07, 6.45) is 3.62. The van der Waals surface area contributed by atoms with Crippen molar-refractivity contribution in [2.75, 3.05) is 13.1 Å². The van der Waals surface area contributed by atoms with Crippen LogP contribution >= 0.6 is 11.3 Å². The van der Waals surface area contributed by atoms with Gasteiger partial charge in [-0.3, -0.25) is 9.48 Å². The molecule has 2 aromatic heterocycles. The quantitative estimate of drug-likeness (QED) is 0.848. The molecule has 3 rings (SSSR count). The number of nitrogens with zero attached hydrogens (tertiary/aromatic N) is 3. The minimum Gasteiger partial charge on any atom is -0.340 e. The van der Waals surface area contributed by atoms with Crippen molar-refractivity contribution in [3.63, 3.8) is 0 Å². The second-order valence-corrected chi connectivity index (χ2v) is 7.12. The predicted molar refractivity (Wildman–Crippen MR) is 89.2 cm³/mol. The highest BCUT2D eigenvalue weighted by Crippen LogP contribution is 2.24. The first-order chi connectivity index (χ1) is 10.6. The van der Waals surface area contributed by atoms with Crippen LogP contribution in [0, 0.1) is 13.8 Å². The Labute approximate surface area is 135 Å². The standard InChI is InChI=1S/C17H23N3OS/c1-13-11-14(2)20(18-13)15-8-9-19(12-15)17(21)7-3-5-16-6-4-10-22-16/h4,6,10-11,15H,3,5,7-9,12H2,1-2H3/t15-/m0/s1. The molecule has 1 fully saturated rings. The maximum Gasteiger partial charge on any atom is 0.222 e. The summed E-state index contributed by atoms with van der Waals surface area (Å²) in [4.78, 5) is 15.7. The zero-order chi connectivity index (χ0) is 15.5. The van der Waals surface area contributed by atoms with Crippen LogP contribution in [0.2, 0.25) is 0 Å². The van der Waals surface area contributed by atoms with Gasteiger partial charge in [-0.05, 0) is 50.6 Å². The van der Waals surface area contributed by atoms with Gasteiger partial charge < -0.3 is 4.90 Å². The summed E-state index contributed by atoms with van der Waals surface area (Å²) >= 11 is 1.77. The molecular weight excluding hydrogens is 294 g/mol. The lowest BCUT2D eigenvalue weighted by Crippen LogP contribution is -2.29. The van der Waals surface area contributed by atoms with Crippen molar-refractivity contribution in [1.82, 2.24) is 14.7 Å². The maximum atomic E-state index is 12.3. The fourth-order valence-electron chi connectivity index (χ4n) is 3.21. The molecule has 0 N–H and O–H groups in total. The average Bonchev–Trinajstić information content (AvgIpc) is 3.19. The number of hydrogen-bond donors (Lipinski definition) is 0. The van der Waals surface area contributed by atoms with Gasteiger partial charge in [-0.2, -0.15) is 5.10 Å². The van der Waals surface area contributed by atoms with Crippen LogP contribution in [0.15, 0.2) is 23.6 Å². The van der Waals surface area contributed by atoms with Crippen LogP contribution in [0.5, 0.6) is 0 Å². The molecule has 0 aliphatic carbocycles. The summed E-state index contributed by atoms with van der Waals surface area (Å²) in [6, 6.07) is 6.66. The molecule has 4 nitrogen and oxygen atoms in total. The van der Waals surface area contributed by atoms with E-state index in [-0.39, 0.29) is 0 Å². The molecule has 0 saturated carbocycles. The molecule has 0 radical (unpaired) electrons. The molecular formula is C17H23N3OS. The Hall–Kier alpha value is -1.62. The van der Waals surface area contributed by atoms with E-state index in [1.165, 1.54) is 10.6 Å². The van der Waals surface area contributed by atoms with E-state index in [1.54, 1.807) is 11.3 Å². The number of carbonyl (C=O) groups excluding carboxylic acids is 1. The molecule has 5 heteroatoms. The summed E-state index contributed by atoms with van der Waals surface area (Å²) < 4.78 is 2.09. The second-order valence-electron chi connectivity index (χ2n) is 6.09. The Kier molecular flexibility index (Phi) is 4.62. The minimum absolute atomic E-state index is 0.292. The van der Waals surface area contributed by atoms with Crippen LogP contribution in [-0.4, -0.2) is 33.7 Å². The van der Waals surface area contributed by atoms with Crippen molar-refractivity contribution in [1.29, 1.82) is 0 Å². The van der Waals surface area contributed by atoms with Crippen LogP contribution in [0.1, 0.15) is 41.6 Å². The summed E-state index contributed by atoms with van der Waals surface area (Å²) in [5.74, 6) is 0.292. The third-order valence-electron chi connectivity index (χ3n) is 4.30. The Morgan fingerprint density at radius 3 is 3.00 bits per heavy atom. The van der Waals surface area contributed by atoms with Gasteiger partial charge in [0.05, 0.1) is 11.7 Å². The van der Waals surface area contributed by atoms with Gasteiger partial charge in [0.2, 0.25) is 5.91 Å². The largest absolute Gasteiger partial charge is 0.340 e. The van der Waals surface area contributed by atoms with Crippen molar-refractivity contribution >= 4 is 17.2 Å². The molecule has 0 unspecified atom stereocenters. The van der Waals surface area contributed by atoms with Crippen LogP contribution in [0.3, 0.4) is 0 Å². The number of hydrogen-bond acceptors (Lipinski definition) is 3. The van der Waals surface area contributed by atoms with Crippen molar-refractivity contribution in [3.8, 4) is 0 Å². The lowest BCUT2D eigenvalue weighted by molar-refractivity contribution is -0.130. The zero-order valence-electron chi connectivity index (χ0n) is 13.3. The fourth-order valence-corrected chi connectivity index (χ4v) is 3.96. The summed E-state index contributed by atoms with van der Waals surface area (Å²) in [7, 11) is 0. The lowest BCUT2D eigenvalue weighted by Gasteiger charge is -2.17. The van der Waals surface area contributed by atoms with Crippen molar-refractivity contribution in [2.45, 2.75) is 45.6 Å².